The van der Waals surface area contributed by atoms with E-state index in [4.69, 9.17) is 16.3 Å². The smallest absolute Gasteiger partial charge is 0.119 e. The summed E-state index contributed by atoms with van der Waals surface area (Å²) in [4.78, 5) is 0. The number of para-hydroxylation sites is 1. The van der Waals surface area contributed by atoms with Gasteiger partial charge in [-0.25, -0.2) is 0 Å². The van der Waals surface area contributed by atoms with E-state index in [0.717, 1.165) is 43.2 Å². The molecule has 23 heavy (non-hydrogen) atoms. The van der Waals surface area contributed by atoms with Gasteiger partial charge in [-0.3, -0.25) is 0 Å². The number of hydrogen-bond donors (Lipinski definition) is 0. The first kappa shape index (κ1) is 15.9. The molecule has 0 radical (unpaired) electrons. The zero-order chi connectivity index (χ0) is 16.1. The quantitative estimate of drug-likeness (QED) is 0.399. The van der Waals surface area contributed by atoms with E-state index < -0.39 is 0 Å². The summed E-state index contributed by atoms with van der Waals surface area (Å²) in [6.07, 6.45) is 3.23. The highest BCUT2D eigenvalue weighted by molar-refractivity contribution is 6.17. The fourth-order valence-corrected chi connectivity index (χ4v) is 3.08. The molecule has 3 heteroatoms. The number of hydrogen-bond acceptors (Lipinski definition) is 1. The normalized spacial score (nSPS) is 11.0. The number of unbranched alkanes of at least 4 members (excludes halogenated alkanes) is 2. The van der Waals surface area contributed by atoms with Crippen molar-refractivity contribution in [2.75, 3.05) is 12.5 Å². The predicted molar refractivity (Wildman–Crippen MR) is 98.1 cm³/mol. The van der Waals surface area contributed by atoms with Gasteiger partial charge in [-0.05, 0) is 62.6 Å². The molecular formula is C20H22ClNO. The third-order valence-electron chi connectivity index (χ3n) is 4.04. The molecule has 0 saturated carbocycles. The summed E-state index contributed by atoms with van der Waals surface area (Å²) in [5.41, 5.74) is 3.64. The number of nitrogens with zero attached hydrogens (tertiary/aromatic N) is 1. The molecule has 0 spiro atoms. The highest BCUT2D eigenvalue weighted by atomic mass is 35.5. The zero-order valence-corrected chi connectivity index (χ0v) is 14.2. The number of ether oxygens (including phenoxy) is 1. The summed E-state index contributed by atoms with van der Waals surface area (Å²) in [5.74, 6) is 1.66. The maximum atomic E-state index is 5.79. The second-order valence-corrected chi connectivity index (χ2v) is 6.15. The van der Waals surface area contributed by atoms with Crippen molar-refractivity contribution < 1.29 is 4.74 Å². The van der Waals surface area contributed by atoms with Crippen molar-refractivity contribution in [3.63, 3.8) is 0 Å². The monoisotopic (exact) mass is 327 g/mol. The summed E-state index contributed by atoms with van der Waals surface area (Å²) in [6, 6.07) is 19.0. The lowest BCUT2D eigenvalue weighted by Gasteiger charge is -2.10. The van der Waals surface area contributed by atoms with Crippen LogP contribution in [0, 0.1) is 6.92 Å². The number of rotatable bonds is 7. The van der Waals surface area contributed by atoms with E-state index in [2.05, 4.69) is 54.0 Å². The first-order valence-electron chi connectivity index (χ1n) is 8.16. The summed E-state index contributed by atoms with van der Waals surface area (Å²) >= 11 is 5.67. The van der Waals surface area contributed by atoms with Crippen LogP contribution in [0.3, 0.4) is 0 Å². The lowest BCUT2D eigenvalue weighted by atomic mass is 10.2. The van der Waals surface area contributed by atoms with Crippen molar-refractivity contribution in [3.05, 3.63) is 60.3 Å². The van der Waals surface area contributed by atoms with Gasteiger partial charge in [0.25, 0.3) is 0 Å². The molecule has 0 aliphatic carbocycles. The largest absolute Gasteiger partial charge is 0.494 e. The van der Waals surface area contributed by atoms with E-state index in [0.29, 0.717) is 0 Å². The molecule has 0 N–H and O–H groups in total. The Morgan fingerprint density at radius 2 is 1.74 bits per heavy atom. The Morgan fingerprint density at radius 3 is 2.52 bits per heavy atom. The molecule has 1 heterocycles. The predicted octanol–water partition coefficient (Wildman–Crippen LogP) is 5.73. The molecule has 0 aliphatic rings. The van der Waals surface area contributed by atoms with Gasteiger partial charge in [0.15, 0.2) is 0 Å². The van der Waals surface area contributed by atoms with Gasteiger partial charge in [-0.15, -0.1) is 11.6 Å². The molecule has 0 aliphatic heterocycles. The van der Waals surface area contributed by atoms with Crippen molar-refractivity contribution >= 4 is 22.5 Å². The lowest BCUT2D eigenvalue weighted by Crippen LogP contribution is -1.99. The maximum Gasteiger partial charge on any atom is 0.119 e. The van der Waals surface area contributed by atoms with Crippen molar-refractivity contribution in [1.29, 1.82) is 0 Å². The second kappa shape index (κ2) is 7.56. The molecule has 0 fully saturated rings. The SMILES string of the molecule is Cc1cc2ccccc2n1-c1ccc(OCCCCCCl)cc1. The summed E-state index contributed by atoms with van der Waals surface area (Å²) in [7, 11) is 0. The Hall–Kier alpha value is -1.93. The van der Waals surface area contributed by atoms with Crippen LogP contribution < -0.4 is 4.74 Å². The summed E-state index contributed by atoms with van der Waals surface area (Å²) in [6.45, 7) is 2.89. The van der Waals surface area contributed by atoms with Gasteiger partial charge in [0.05, 0.1) is 12.1 Å². The molecule has 0 bridgehead atoms. The average molecular weight is 328 g/mol. The minimum absolute atomic E-state index is 0.735. The maximum absolute atomic E-state index is 5.79. The highest BCUT2D eigenvalue weighted by Gasteiger charge is 2.07. The molecule has 2 aromatic carbocycles. The van der Waals surface area contributed by atoms with E-state index in [9.17, 15) is 0 Å². The molecule has 0 amide bonds. The molecule has 3 rings (SSSR count). The zero-order valence-electron chi connectivity index (χ0n) is 13.5. The van der Waals surface area contributed by atoms with Crippen LogP contribution in [-0.4, -0.2) is 17.1 Å². The average Bonchev–Trinajstić information content (AvgIpc) is 2.91. The standard InChI is InChI=1S/C20H22ClNO/c1-16-15-17-7-3-4-8-20(17)22(16)18-9-11-19(12-10-18)23-14-6-2-5-13-21/h3-4,7-12,15H,2,5-6,13-14H2,1H3. The Morgan fingerprint density at radius 1 is 0.957 bits per heavy atom. The van der Waals surface area contributed by atoms with E-state index in [1.54, 1.807) is 0 Å². The fourth-order valence-electron chi connectivity index (χ4n) is 2.89. The van der Waals surface area contributed by atoms with Gasteiger partial charge in [0, 0.05) is 22.6 Å². The third kappa shape index (κ3) is 3.70. The van der Waals surface area contributed by atoms with E-state index >= 15 is 0 Å². The fraction of sp³-hybridized carbons (Fsp3) is 0.300. The van der Waals surface area contributed by atoms with Crippen molar-refractivity contribution in [1.82, 2.24) is 4.57 Å². The second-order valence-electron chi connectivity index (χ2n) is 5.77. The van der Waals surface area contributed by atoms with Crippen LogP contribution in [0.4, 0.5) is 0 Å². The Kier molecular flexibility index (Phi) is 5.24. The van der Waals surface area contributed by atoms with Crippen LogP contribution in [0.1, 0.15) is 25.0 Å². The number of aryl methyl sites for hydroxylation is 1. The number of aromatic nitrogens is 1. The van der Waals surface area contributed by atoms with Gasteiger partial charge >= 0.3 is 0 Å². The molecule has 1 aromatic heterocycles. The van der Waals surface area contributed by atoms with Gasteiger partial charge in [-0.2, -0.15) is 0 Å². The summed E-state index contributed by atoms with van der Waals surface area (Å²) in [5, 5.41) is 1.27. The topological polar surface area (TPSA) is 14.2 Å². The van der Waals surface area contributed by atoms with E-state index in [1.165, 1.54) is 16.6 Å². The molecule has 0 atom stereocenters. The molecule has 2 nitrogen and oxygen atoms in total. The number of fused-ring (bicyclic) bond motifs is 1. The Balaban J connectivity index is 1.73. The first-order valence-corrected chi connectivity index (χ1v) is 8.69. The molecule has 0 saturated heterocycles. The van der Waals surface area contributed by atoms with E-state index in [1.807, 2.05) is 12.1 Å². The van der Waals surface area contributed by atoms with Gasteiger partial charge < -0.3 is 9.30 Å². The van der Waals surface area contributed by atoms with Crippen LogP contribution in [0.15, 0.2) is 54.6 Å². The first-order chi connectivity index (χ1) is 11.3. The van der Waals surface area contributed by atoms with Crippen LogP contribution >= 0.6 is 11.6 Å². The van der Waals surface area contributed by atoms with Crippen LogP contribution in [-0.2, 0) is 0 Å². The minimum atomic E-state index is 0.735. The van der Waals surface area contributed by atoms with Crippen molar-refractivity contribution in [2.24, 2.45) is 0 Å². The van der Waals surface area contributed by atoms with Crippen LogP contribution in [0.5, 0.6) is 5.75 Å². The van der Waals surface area contributed by atoms with Gasteiger partial charge in [-0.1, -0.05) is 18.2 Å². The highest BCUT2D eigenvalue weighted by Crippen LogP contribution is 2.25. The minimum Gasteiger partial charge on any atom is -0.494 e. The van der Waals surface area contributed by atoms with Crippen molar-refractivity contribution in [3.8, 4) is 11.4 Å². The lowest BCUT2D eigenvalue weighted by molar-refractivity contribution is 0.306. The Labute approximate surface area is 142 Å². The van der Waals surface area contributed by atoms with Crippen LogP contribution in [0.25, 0.3) is 16.6 Å². The molecule has 0 unspecified atom stereocenters. The number of benzene rings is 2. The van der Waals surface area contributed by atoms with E-state index in [-0.39, 0.29) is 0 Å². The summed E-state index contributed by atoms with van der Waals surface area (Å²) < 4.78 is 8.07. The van der Waals surface area contributed by atoms with Gasteiger partial charge in [0.1, 0.15) is 5.75 Å². The van der Waals surface area contributed by atoms with Gasteiger partial charge in [0.2, 0.25) is 0 Å². The number of alkyl halides is 1. The third-order valence-corrected chi connectivity index (χ3v) is 4.30. The van der Waals surface area contributed by atoms with Crippen molar-refractivity contribution in [2.45, 2.75) is 26.2 Å². The molecular weight excluding hydrogens is 306 g/mol. The molecule has 120 valence electrons. The van der Waals surface area contributed by atoms with Crippen LogP contribution in [0.2, 0.25) is 0 Å². The number of halogens is 1. The Bertz CT molecular complexity index is 761. The molecule has 3 aromatic rings.